The van der Waals surface area contributed by atoms with Gasteiger partial charge in [0.15, 0.2) is 11.5 Å². The summed E-state index contributed by atoms with van der Waals surface area (Å²) in [6, 6.07) is 5.83. The zero-order valence-corrected chi connectivity index (χ0v) is 17.4. The van der Waals surface area contributed by atoms with Gasteiger partial charge in [0.25, 0.3) is 5.89 Å². The lowest BCUT2D eigenvalue weighted by molar-refractivity contribution is 0.355. The zero-order valence-electron chi connectivity index (χ0n) is 17.4. The van der Waals surface area contributed by atoms with E-state index < -0.39 is 0 Å². The van der Waals surface area contributed by atoms with Gasteiger partial charge in [-0.2, -0.15) is 0 Å². The summed E-state index contributed by atoms with van der Waals surface area (Å²) in [6.07, 6.45) is 3.19. The molecule has 0 radical (unpaired) electrons. The fraction of sp³-hybridized carbons (Fsp3) is 0.333. The summed E-state index contributed by atoms with van der Waals surface area (Å²) >= 11 is 0. The van der Waals surface area contributed by atoms with Crippen molar-refractivity contribution in [3.8, 4) is 34.5 Å². The molecule has 0 saturated heterocycles. The normalized spacial score (nSPS) is 11.2. The topological polar surface area (TPSA) is 111 Å². The van der Waals surface area contributed by atoms with Gasteiger partial charge in [0.2, 0.25) is 11.7 Å². The van der Waals surface area contributed by atoms with Crippen LogP contribution in [0.4, 0.5) is 0 Å². The van der Waals surface area contributed by atoms with Gasteiger partial charge in [-0.1, -0.05) is 6.92 Å². The molecule has 1 aromatic carbocycles. The van der Waals surface area contributed by atoms with Gasteiger partial charge in [-0.3, -0.25) is 0 Å². The average Bonchev–Trinajstić information content (AvgIpc) is 3.41. The van der Waals surface area contributed by atoms with Gasteiger partial charge in [-0.25, -0.2) is 9.97 Å². The number of hydrogen-bond donors (Lipinski definition) is 2. The van der Waals surface area contributed by atoms with Crippen molar-refractivity contribution in [2.45, 2.75) is 19.8 Å². The van der Waals surface area contributed by atoms with E-state index in [0.717, 1.165) is 40.8 Å². The third kappa shape index (κ3) is 3.59. The number of aromatic amines is 1. The van der Waals surface area contributed by atoms with Gasteiger partial charge >= 0.3 is 0 Å². The van der Waals surface area contributed by atoms with Crippen molar-refractivity contribution < 1.29 is 13.9 Å². The maximum Gasteiger partial charge on any atom is 0.285 e. The second-order valence-electron chi connectivity index (χ2n) is 6.71. The van der Waals surface area contributed by atoms with Crippen LogP contribution in [0.25, 0.3) is 34.0 Å². The summed E-state index contributed by atoms with van der Waals surface area (Å²) in [7, 11) is 5.12. The van der Waals surface area contributed by atoms with Crippen molar-refractivity contribution in [1.82, 2.24) is 30.5 Å². The first kappa shape index (κ1) is 19.8. The quantitative estimate of drug-likeness (QED) is 0.458. The number of hydrogen-bond acceptors (Lipinski definition) is 8. The van der Waals surface area contributed by atoms with Crippen molar-refractivity contribution in [3.63, 3.8) is 0 Å². The number of aryl methyl sites for hydroxylation is 1. The molecule has 0 atom stereocenters. The minimum atomic E-state index is 0.318. The third-order valence-corrected chi connectivity index (χ3v) is 4.91. The fourth-order valence-corrected chi connectivity index (χ4v) is 3.39. The summed E-state index contributed by atoms with van der Waals surface area (Å²) in [4.78, 5) is 12.6. The number of ether oxygens (including phenoxy) is 2. The highest BCUT2D eigenvalue weighted by molar-refractivity contribution is 5.88. The number of rotatable bonds is 8. The highest BCUT2D eigenvalue weighted by atomic mass is 16.5. The van der Waals surface area contributed by atoms with Crippen molar-refractivity contribution >= 4 is 11.0 Å². The van der Waals surface area contributed by atoms with Crippen LogP contribution in [0.5, 0.6) is 11.5 Å². The number of likely N-dealkylation sites (N-methyl/N-ethyl adjacent to an activating group) is 1. The van der Waals surface area contributed by atoms with E-state index in [1.54, 1.807) is 20.4 Å². The van der Waals surface area contributed by atoms with E-state index in [4.69, 9.17) is 18.9 Å². The molecule has 0 aliphatic heterocycles. The Bertz CT molecular complexity index is 1170. The van der Waals surface area contributed by atoms with Crippen LogP contribution < -0.4 is 14.8 Å². The standard InChI is InChI=1S/C21H24N6O3/c1-5-13-18(12-6-7-15(28-3)16(10-12)29-4)24-14-11-23-20(25-19(13)14)21-27-26-17(30-21)8-9-22-2/h6-7,10-11,22,24H,5,8-9H2,1-4H3. The number of H-pyrrole nitrogens is 1. The second kappa shape index (κ2) is 8.50. The molecule has 0 saturated carbocycles. The van der Waals surface area contributed by atoms with E-state index >= 15 is 0 Å². The number of nitrogens with zero attached hydrogens (tertiary/aromatic N) is 4. The van der Waals surface area contributed by atoms with Crippen LogP contribution in [-0.4, -0.2) is 53.0 Å². The number of aromatic nitrogens is 5. The van der Waals surface area contributed by atoms with Gasteiger partial charge in [0.05, 0.1) is 37.1 Å². The van der Waals surface area contributed by atoms with Crippen LogP contribution in [0.15, 0.2) is 28.8 Å². The molecule has 9 heteroatoms. The Morgan fingerprint density at radius 2 is 1.97 bits per heavy atom. The monoisotopic (exact) mass is 408 g/mol. The van der Waals surface area contributed by atoms with Crippen molar-refractivity contribution in [3.05, 3.63) is 35.9 Å². The molecule has 0 unspecified atom stereocenters. The Kier molecular flexibility index (Phi) is 5.62. The van der Waals surface area contributed by atoms with Gasteiger partial charge in [-0.05, 0) is 31.7 Å². The molecule has 2 N–H and O–H groups in total. The second-order valence-corrected chi connectivity index (χ2v) is 6.71. The van der Waals surface area contributed by atoms with E-state index in [1.165, 1.54) is 0 Å². The van der Waals surface area contributed by atoms with Crippen LogP contribution in [0.1, 0.15) is 18.4 Å². The maximum atomic E-state index is 5.71. The van der Waals surface area contributed by atoms with E-state index in [9.17, 15) is 0 Å². The van der Waals surface area contributed by atoms with Gasteiger partial charge in [0.1, 0.15) is 0 Å². The first-order valence-corrected chi connectivity index (χ1v) is 9.75. The summed E-state index contributed by atoms with van der Waals surface area (Å²) in [5, 5.41) is 11.2. The smallest absolute Gasteiger partial charge is 0.285 e. The Morgan fingerprint density at radius 3 is 2.70 bits per heavy atom. The molecule has 0 bridgehead atoms. The summed E-state index contributed by atoms with van der Waals surface area (Å²) in [5.74, 6) is 2.64. The maximum absolute atomic E-state index is 5.71. The Balaban J connectivity index is 1.76. The molecular formula is C21H24N6O3. The van der Waals surface area contributed by atoms with E-state index in [-0.39, 0.29) is 0 Å². The number of nitrogens with one attached hydrogen (secondary N) is 2. The van der Waals surface area contributed by atoms with Crippen LogP contribution in [0, 0.1) is 0 Å². The van der Waals surface area contributed by atoms with Gasteiger partial charge in [0, 0.05) is 24.1 Å². The van der Waals surface area contributed by atoms with Crippen molar-refractivity contribution in [2.24, 2.45) is 0 Å². The highest BCUT2D eigenvalue weighted by Gasteiger charge is 2.18. The largest absolute Gasteiger partial charge is 0.493 e. The van der Waals surface area contributed by atoms with Crippen molar-refractivity contribution in [1.29, 1.82) is 0 Å². The SMILES string of the molecule is CCc1c(-c2ccc(OC)c(OC)c2)[nH]c2cnc(-c3nnc(CCNC)o3)nc12. The first-order valence-electron chi connectivity index (χ1n) is 9.75. The Labute approximate surface area is 173 Å². The molecule has 4 rings (SSSR count). The summed E-state index contributed by atoms with van der Waals surface area (Å²) in [6.45, 7) is 2.85. The molecular weight excluding hydrogens is 384 g/mol. The molecule has 0 spiro atoms. The lowest BCUT2D eigenvalue weighted by Gasteiger charge is -2.09. The van der Waals surface area contributed by atoms with E-state index in [1.807, 2.05) is 25.2 Å². The van der Waals surface area contributed by atoms with E-state index in [2.05, 4.69) is 32.4 Å². The number of benzene rings is 1. The minimum absolute atomic E-state index is 0.318. The Hall–Kier alpha value is -3.46. The van der Waals surface area contributed by atoms with E-state index in [0.29, 0.717) is 35.5 Å². The minimum Gasteiger partial charge on any atom is -0.493 e. The summed E-state index contributed by atoms with van der Waals surface area (Å²) < 4.78 is 16.5. The van der Waals surface area contributed by atoms with Crippen molar-refractivity contribution in [2.75, 3.05) is 27.8 Å². The molecule has 4 aromatic rings. The molecule has 3 aromatic heterocycles. The van der Waals surface area contributed by atoms with Gasteiger partial charge in [-0.15, -0.1) is 10.2 Å². The lowest BCUT2D eigenvalue weighted by atomic mass is 10.0. The fourth-order valence-electron chi connectivity index (χ4n) is 3.39. The molecule has 9 nitrogen and oxygen atoms in total. The molecule has 0 aliphatic rings. The predicted octanol–water partition coefficient (Wildman–Crippen LogP) is 3.02. The summed E-state index contributed by atoms with van der Waals surface area (Å²) in [5.41, 5.74) is 4.71. The first-order chi connectivity index (χ1) is 14.7. The molecule has 30 heavy (non-hydrogen) atoms. The van der Waals surface area contributed by atoms with Crippen LogP contribution in [0.3, 0.4) is 0 Å². The number of fused-ring (bicyclic) bond motifs is 1. The zero-order chi connectivity index (χ0) is 21.1. The predicted molar refractivity (Wildman–Crippen MR) is 113 cm³/mol. The molecule has 3 heterocycles. The molecule has 0 amide bonds. The van der Waals surface area contributed by atoms with Crippen LogP contribution >= 0.6 is 0 Å². The Morgan fingerprint density at radius 1 is 1.13 bits per heavy atom. The lowest BCUT2D eigenvalue weighted by Crippen LogP contribution is -2.10. The number of methoxy groups -OCH3 is 2. The molecule has 156 valence electrons. The molecule has 0 aliphatic carbocycles. The van der Waals surface area contributed by atoms with Gasteiger partial charge < -0.3 is 24.2 Å². The average molecular weight is 408 g/mol. The highest BCUT2D eigenvalue weighted by Crippen LogP contribution is 2.36. The van der Waals surface area contributed by atoms with Crippen LogP contribution in [-0.2, 0) is 12.8 Å². The third-order valence-electron chi connectivity index (χ3n) is 4.91. The van der Waals surface area contributed by atoms with Crippen LogP contribution in [0.2, 0.25) is 0 Å². The molecule has 0 fully saturated rings.